The van der Waals surface area contributed by atoms with Crippen LogP contribution in [-0.4, -0.2) is 69.4 Å². The van der Waals surface area contributed by atoms with E-state index in [2.05, 4.69) is 9.88 Å². The summed E-state index contributed by atoms with van der Waals surface area (Å²) < 4.78 is 32.1. The number of carbonyl (C=O) groups excluding carboxylic acids is 1. The molecule has 1 amide bonds. The summed E-state index contributed by atoms with van der Waals surface area (Å²) in [4.78, 5) is 21.8. The van der Waals surface area contributed by atoms with E-state index in [0.717, 1.165) is 35.4 Å². The molecule has 1 saturated heterocycles. The maximum atomic E-state index is 13.3. The molecule has 1 aromatic heterocycles. The second-order valence-corrected chi connectivity index (χ2v) is 11.9. The van der Waals surface area contributed by atoms with Crippen molar-refractivity contribution in [1.82, 2.24) is 9.88 Å². The number of rotatable bonds is 8. The average Bonchev–Trinajstić information content (AvgIpc) is 3.26. The lowest BCUT2D eigenvalue weighted by Crippen LogP contribution is -2.40. The van der Waals surface area contributed by atoms with Crippen LogP contribution in [0.5, 0.6) is 0 Å². The highest BCUT2D eigenvalue weighted by atomic mass is 35.5. The number of halogens is 2. The molecule has 2 heterocycles. The number of aromatic nitrogens is 1. The minimum absolute atomic E-state index is 0.0571. The van der Waals surface area contributed by atoms with Crippen molar-refractivity contribution in [2.24, 2.45) is 0 Å². The van der Waals surface area contributed by atoms with Gasteiger partial charge in [-0.25, -0.2) is 13.4 Å². The predicted molar refractivity (Wildman–Crippen MR) is 137 cm³/mol. The molecule has 34 heavy (non-hydrogen) atoms. The topological polar surface area (TPSA) is 79.8 Å². The average molecular weight is 543 g/mol. The van der Waals surface area contributed by atoms with Gasteiger partial charge < -0.3 is 4.74 Å². The quantitative estimate of drug-likeness (QED) is 0.419. The van der Waals surface area contributed by atoms with Crippen molar-refractivity contribution in [2.45, 2.75) is 18.2 Å². The smallest absolute Gasteiger partial charge is 0.244 e. The summed E-state index contributed by atoms with van der Waals surface area (Å²) in [5.74, 6) is -1.18. The maximum Gasteiger partial charge on any atom is 0.244 e. The third-order valence-electron chi connectivity index (χ3n) is 5.66. The molecule has 0 saturated carbocycles. The van der Waals surface area contributed by atoms with E-state index in [1.165, 1.54) is 40.5 Å². The van der Waals surface area contributed by atoms with Gasteiger partial charge in [0, 0.05) is 31.2 Å². The number of ether oxygens (including phenoxy) is 1. The van der Waals surface area contributed by atoms with Gasteiger partial charge in [-0.2, -0.15) is 0 Å². The van der Waals surface area contributed by atoms with E-state index in [1.807, 2.05) is 13.0 Å². The zero-order chi connectivity index (χ0) is 24.3. The minimum atomic E-state index is -3.85. The van der Waals surface area contributed by atoms with E-state index in [0.29, 0.717) is 41.4 Å². The lowest BCUT2D eigenvalue weighted by molar-refractivity contribution is -0.116. The summed E-state index contributed by atoms with van der Waals surface area (Å²) in [6, 6.07) is 9.50. The van der Waals surface area contributed by atoms with Crippen LogP contribution < -0.4 is 4.90 Å². The van der Waals surface area contributed by atoms with Crippen molar-refractivity contribution < 1.29 is 17.9 Å². The van der Waals surface area contributed by atoms with Gasteiger partial charge >= 0.3 is 0 Å². The van der Waals surface area contributed by atoms with Gasteiger partial charge in [-0.3, -0.25) is 14.6 Å². The first kappa shape index (κ1) is 25.3. The van der Waals surface area contributed by atoms with Crippen molar-refractivity contribution in [3.8, 4) is 0 Å². The summed E-state index contributed by atoms with van der Waals surface area (Å²) in [6.45, 7) is 6.13. The van der Waals surface area contributed by atoms with Crippen molar-refractivity contribution in [3.05, 3.63) is 52.0 Å². The Morgan fingerprint density at radius 3 is 2.53 bits per heavy atom. The summed E-state index contributed by atoms with van der Waals surface area (Å²) in [5, 5.41) is 1.43. The number of thiazole rings is 1. The largest absolute Gasteiger partial charge is 0.379 e. The molecule has 0 radical (unpaired) electrons. The third kappa shape index (κ3) is 5.90. The van der Waals surface area contributed by atoms with Crippen LogP contribution in [0.25, 0.3) is 10.2 Å². The first-order valence-electron chi connectivity index (χ1n) is 10.9. The first-order valence-corrected chi connectivity index (χ1v) is 14.1. The van der Waals surface area contributed by atoms with Gasteiger partial charge in [0.2, 0.25) is 5.91 Å². The Bertz CT molecular complexity index is 1230. The van der Waals surface area contributed by atoms with E-state index < -0.39 is 21.5 Å². The Morgan fingerprint density at radius 1 is 1.15 bits per heavy atom. The molecule has 0 atom stereocenters. The van der Waals surface area contributed by atoms with Crippen LogP contribution in [0.3, 0.4) is 0 Å². The van der Waals surface area contributed by atoms with Crippen LogP contribution in [-0.2, 0) is 19.4 Å². The summed E-state index contributed by atoms with van der Waals surface area (Å²) >= 11 is 13.6. The summed E-state index contributed by atoms with van der Waals surface area (Å²) in [5.41, 5.74) is 1.66. The molecular formula is C23H25Cl2N3O4S2. The normalized spacial score (nSPS) is 15.0. The number of hydrogen-bond donors (Lipinski definition) is 0. The number of nitrogens with zero attached hydrogens (tertiary/aromatic N) is 3. The van der Waals surface area contributed by atoms with Crippen LogP contribution in [0.2, 0.25) is 10.0 Å². The molecule has 2 aromatic carbocycles. The highest BCUT2D eigenvalue weighted by Crippen LogP contribution is 2.36. The second-order valence-electron chi connectivity index (χ2n) is 8.10. The van der Waals surface area contributed by atoms with Crippen LogP contribution >= 0.6 is 34.5 Å². The Hall–Kier alpha value is -1.75. The highest BCUT2D eigenvalue weighted by molar-refractivity contribution is 7.92. The minimum Gasteiger partial charge on any atom is -0.379 e. The van der Waals surface area contributed by atoms with E-state index in [1.54, 1.807) is 6.07 Å². The maximum absolute atomic E-state index is 13.3. The Kier molecular flexibility index (Phi) is 8.12. The lowest BCUT2D eigenvalue weighted by atomic mass is 10.2. The van der Waals surface area contributed by atoms with E-state index >= 15 is 0 Å². The number of morpholine rings is 1. The molecule has 0 N–H and O–H groups in total. The number of hydrogen-bond acceptors (Lipinski definition) is 7. The fourth-order valence-corrected chi connectivity index (χ4v) is 6.46. The molecular weight excluding hydrogens is 517 g/mol. The van der Waals surface area contributed by atoms with Gasteiger partial charge in [-0.1, -0.05) is 40.6 Å². The third-order valence-corrected chi connectivity index (χ3v) is 9.07. The second kappa shape index (κ2) is 10.9. The van der Waals surface area contributed by atoms with Gasteiger partial charge in [-0.15, -0.1) is 0 Å². The molecule has 182 valence electrons. The van der Waals surface area contributed by atoms with Gasteiger partial charge in [0.25, 0.3) is 0 Å². The van der Waals surface area contributed by atoms with Crippen molar-refractivity contribution >= 4 is 65.6 Å². The van der Waals surface area contributed by atoms with E-state index in [4.69, 9.17) is 27.9 Å². The first-order chi connectivity index (χ1) is 16.2. The zero-order valence-corrected chi connectivity index (χ0v) is 21.8. The number of amides is 1. The molecule has 1 fully saturated rings. The molecule has 0 spiro atoms. The van der Waals surface area contributed by atoms with Gasteiger partial charge in [0.1, 0.15) is 5.75 Å². The fourth-order valence-electron chi connectivity index (χ4n) is 3.78. The van der Waals surface area contributed by atoms with Gasteiger partial charge in [0.15, 0.2) is 15.0 Å². The highest BCUT2D eigenvalue weighted by Gasteiger charge is 2.27. The Labute approximate surface area is 213 Å². The summed E-state index contributed by atoms with van der Waals surface area (Å²) in [7, 11) is -3.85. The van der Waals surface area contributed by atoms with Crippen molar-refractivity contribution in [1.29, 1.82) is 0 Å². The zero-order valence-electron chi connectivity index (χ0n) is 18.7. The number of aryl methyl sites for hydroxylation is 1. The summed E-state index contributed by atoms with van der Waals surface area (Å²) in [6.07, 6.45) is 0.676. The Morgan fingerprint density at radius 2 is 1.85 bits per heavy atom. The van der Waals surface area contributed by atoms with E-state index in [-0.39, 0.29) is 4.90 Å². The predicted octanol–water partition coefficient (Wildman–Crippen LogP) is 4.44. The fraction of sp³-hybridized carbons (Fsp3) is 0.391. The number of benzene rings is 2. The molecule has 0 aliphatic carbocycles. The monoisotopic (exact) mass is 541 g/mol. The molecule has 3 aromatic rings. The Balaban J connectivity index is 1.58. The van der Waals surface area contributed by atoms with Crippen molar-refractivity contribution in [2.75, 3.05) is 50.0 Å². The number of sulfone groups is 1. The standard InChI is InChI=1S/C23H25Cl2N3O4S2/c1-16-3-8-19(25)22-21(16)26-23(33-22)28(10-2-9-27-11-13-32-14-12-27)20(29)15-34(30,31)18-6-4-17(24)5-7-18/h3-8H,2,9-15H2,1H3. The number of fused-ring (bicyclic) bond motifs is 1. The molecule has 1 aliphatic heterocycles. The van der Waals surface area contributed by atoms with Crippen molar-refractivity contribution in [3.63, 3.8) is 0 Å². The number of carbonyl (C=O) groups is 1. The lowest BCUT2D eigenvalue weighted by Gasteiger charge is -2.27. The van der Waals surface area contributed by atoms with E-state index in [9.17, 15) is 13.2 Å². The molecule has 7 nitrogen and oxygen atoms in total. The van der Waals surface area contributed by atoms with Gasteiger partial charge in [0.05, 0.1) is 33.3 Å². The van der Waals surface area contributed by atoms with Crippen LogP contribution in [0, 0.1) is 6.92 Å². The van der Waals surface area contributed by atoms with Crippen LogP contribution in [0.15, 0.2) is 41.3 Å². The van der Waals surface area contributed by atoms with Gasteiger partial charge in [-0.05, 0) is 49.2 Å². The SMILES string of the molecule is Cc1ccc(Cl)c2sc(N(CCCN3CCOCC3)C(=O)CS(=O)(=O)c3ccc(Cl)cc3)nc12. The molecule has 0 unspecified atom stereocenters. The molecule has 4 rings (SSSR count). The van der Waals surface area contributed by atoms with Crippen LogP contribution in [0.1, 0.15) is 12.0 Å². The number of anilines is 1. The molecule has 11 heteroatoms. The molecule has 0 bridgehead atoms. The van der Waals surface area contributed by atoms with Crippen LogP contribution in [0.4, 0.5) is 5.13 Å². The molecule has 1 aliphatic rings.